The molecule has 0 bridgehead atoms. The summed E-state index contributed by atoms with van der Waals surface area (Å²) in [5.74, 6) is -2.38. The molecule has 0 N–H and O–H groups in total. The zero-order valence-corrected chi connectivity index (χ0v) is 24.8. The molecule has 0 aromatic heterocycles. The van der Waals surface area contributed by atoms with Gasteiger partial charge in [0.25, 0.3) is 0 Å². The van der Waals surface area contributed by atoms with Gasteiger partial charge in [-0.3, -0.25) is 9.98 Å². The average molecular weight is 557 g/mol. The standard InChI is InChI=1S/2C14H22N2O2.Ni/c2*1-9(2)15-13(14(17)18)16(10(3)4)12-8-6-7-11(12)5;/h2*6-7,9-10H,8H2,1-5H3,(H,17,18);/q;;+2/p-2. The van der Waals surface area contributed by atoms with Crippen LogP contribution in [0.25, 0.3) is 0 Å². The van der Waals surface area contributed by atoms with Crippen molar-refractivity contribution in [1.82, 2.24) is 9.80 Å². The zero-order valence-electron chi connectivity index (χ0n) is 23.8. The molecule has 208 valence electrons. The minimum atomic E-state index is -1.22. The van der Waals surface area contributed by atoms with E-state index in [1.54, 1.807) is 9.80 Å². The van der Waals surface area contributed by atoms with Crippen LogP contribution in [0.3, 0.4) is 0 Å². The molecule has 0 aromatic rings. The van der Waals surface area contributed by atoms with Crippen molar-refractivity contribution in [3.05, 3.63) is 46.8 Å². The van der Waals surface area contributed by atoms with Crippen molar-refractivity contribution in [2.75, 3.05) is 0 Å². The monoisotopic (exact) mass is 556 g/mol. The molecule has 0 fully saturated rings. The summed E-state index contributed by atoms with van der Waals surface area (Å²) in [6.45, 7) is 19.2. The number of rotatable bonds is 6. The van der Waals surface area contributed by atoms with Crippen molar-refractivity contribution >= 4 is 23.6 Å². The minimum absolute atomic E-state index is 0. The summed E-state index contributed by atoms with van der Waals surface area (Å²) in [5.41, 5.74) is 4.16. The van der Waals surface area contributed by atoms with Crippen LogP contribution < -0.4 is 10.2 Å². The maximum absolute atomic E-state index is 11.3. The van der Waals surface area contributed by atoms with Gasteiger partial charge in [-0.1, -0.05) is 24.3 Å². The molecule has 0 aliphatic heterocycles. The fourth-order valence-electron chi connectivity index (χ4n) is 4.07. The van der Waals surface area contributed by atoms with Gasteiger partial charge in [0.05, 0.1) is 0 Å². The van der Waals surface area contributed by atoms with E-state index < -0.39 is 11.9 Å². The first-order valence-corrected chi connectivity index (χ1v) is 12.6. The number of hydrogen-bond acceptors (Lipinski definition) is 6. The fraction of sp³-hybridized carbons (Fsp3) is 0.571. The molecule has 2 aliphatic rings. The van der Waals surface area contributed by atoms with Gasteiger partial charge in [0.1, 0.15) is 11.9 Å². The van der Waals surface area contributed by atoms with Gasteiger partial charge in [0.15, 0.2) is 11.7 Å². The molecule has 0 unspecified atom stereocenters. The summed E-state index contributed by atoms with van der Waals surface area (Å²) < 4.78 is 0. The average Bonchev–Trinajstić information content (AvgIpc) is 3.35. The van der Waals surface area contributed by atoms with Crippen molar-refractivity contribution < 1.29 is 36.3 Å². The van der Waals surface area contributed by atoms with Gasteiger partial charge in [-0.25, -0.2) is 0 Å². The Balaban J connectivity index is 0.000000682. The van der Waals surface area contributed by atoms with Crippen LogP contribution in [0.2, 0.25) is 0 Å². The molecule has 2 aliphatic carbocycles. The van der Waals surface area contributed by atoms with Crippen molar-refractivity contribution in [1.29, 1.82) is 0 Å². The van der Waals surface area contributed by atoms with E-state index in [9.17, 15) is 19.8 Å². The Kier molecular flexibility index (Phi) is 14.4. The molecular weight excluding hydrogens is 515 g/mol. The number of allylic oxidation sites excluding steroid dienone is 6. The number of carbonyl (C=O) groups is 2. The van der Waals surface area contributed by atoms with Gasteiger partial charge in [0.2, 0.25) is 0 Å². The summed E-state index contributed by atoms with van der Waals surface area (Å²) in [7, 11) is 0. The van der Waals surface area contributed by atoms with Crippen LogP contribution in [0, 0.1) is 0 Å². The van der Waals surface area contributed by atoms with E-state index in [0.29, 0.717) is 0 Å². The second kappa shape index (κ2) is 15.6. The summed E-state index contributed by atoms with van der Waals surface area (Å²) in [6.07, 6.45) is 9.56. The van der Waals surface area contributed by atoms with Crippen LogP contribution in [0.15, 0.2) is 56.8 Å². The number of carboxylic acids is 2. The van der Waals surface area contributed by atoms with Gasteiger partial charge in [0, 0.05) is 48.4 Å². The second-order valence-corrected chi connectivity index (χ2v) is 10.1. The molecule has 0 spiro atoms. The molecular formula is C28H42N4NiO4. The quantitative estimate of drug-likeness (QED) is 0.282. The molecule has 0 radical (unpaired) electrons. The third-order valence-corrected chi connectivity index (χ3v) is 5.47. The van der Waals surface area contributed by atoms with Crippen LogP contribution in [0.4, 0.5) is 0 Å². The largest absolute Gasteiger partial charge is 2.00 e. The van der Waals surface area contributed by atoms with E-state index in [-0.39, 0.29) is 52.3 Å². The molecule has 0 heterocycles. The predicted octanol–water partition coefficient (Wildman–Crippen LogP) is 2.97. The number of amidine groups is 2. The predicted molar refractivity (Wildman–Crippen MR) is 142 cm³/mol. The maximum atomic E-state index is 11.3. The van der Waals surface area contributed by atoms with Crippen LogP contribution in [0.1, 0.15) is 82.1 Å². The third kappa shape index (κ3) is 9.96. The zero-order chi connectivity index (χ0) is 27.7. The van der Waals surface area contributed by atoms with Gasteiger partial charge in [-0.2, -0.15) is 0 Å². The molecule has 0 atom stereocenters. The summed E-state index contributed by atoms with van der Waals surface area (Å²) >= 11 is 0. The summed E-state index contributed by atoms with van der Waals surface area (Å²) in [4.78, 5) is 34.6. The van der Waals surface area contributed by atoms with E-state index in [1.807, 2.05) is 93.5 Å². The Labute approximate surface area is 232 Å². The number of aliphatic carboxylic acids is 2. The first-order valence-electron chi connectivity index (χ1n) is 12.6. The van der Waals surface area contributed by atoms with E-state index in [1.165, 1.54) is 0 Å². The van der Waals surface area contributed by atoms with Crippen molar-refractivity contribution in [3.8, 4) is 0 Å². The first-order chi connectivity index (χ1) is 16.7. The number of aliphatic imine (C=N–C) groups is 2. The summed E-state index contributed by atoms with van der Waals surface area (Å²) in [6, 6.07) is -0.0839. The van der Waals surface area contributed by atoms with Gasteiger partial charge < -0.3 is 29.6 Å². The van der Waals surface area contributed by atoms with E-state index in [2.05, 4.69) is 9.98 Å². The fourth-order valence-corrected chi connectivity index (χ4v) is 4.07. The van der Waals surface area contributed by atoms with Gasteiger partial charge in [-0.15, -0.1) is 0 Å². The second-order valence-electron chi connectivity index (χ2n) is 10.1. The molecule has 2 rings (SSSR count). The molecule has 0 aromatic carbocycles. The number of nitrogens with zero attached hydrogens (tertiary/aromatic N) is 4. The van der Waals surface area contributed by atoms with Gasteiger partial charge >= 0.3 is 16.5 Å². The Bertz CT molecular complexity index is 922. The first kappa shape index (κ1) is 34.3. The molecule has 37 heavy (non-hydrogen) atoms. The molecule has 0 saturated heterocycles. The Morgan fingerprint density at radius 2 is 1.00 bits per heavy atom. The topological polar surface area (TPSA) is 111 Å². The normalized spacial score (nSPS) is 15.6. The number of carboxylic acid groups (broad SMARTS) is 2. The molecule has 9 heteroatoms. The smallest absolute Gasteiger partial charge is 0.542 e. The molecule has 8 nitrogen and oxygen atoms in total. The van der Waals surface area contributed by atoms with Crippen molar-refractivity contribution in [2.24, 2.45) is 9.98 Å². The molecule has 0 saturated carbocycles. The van der Waals surface area contributed by atoms with Crippen molar-refractivity contribution in [2.45, 2.75) is 106 Å². The van der Waals surface area contributed by atoms with Crippen LogP contribution in [-0.2, 0) is 26.1 Å². The van der Waals surface area contributed by atoms with E-state index >= 15 is 0 Å². The SMILES string of the molecule is CC1=C(N(C(=NC(C)C)C(=O)[O-])C(C)C)CC=C1.CC1=C(N(C(=NC(C)C)C(=O)[O-])C(C)C)CC=C1.[Ni+2]. The van der Waals surface area contributed by atoms with Crippen LogP contribution >= 0.6 is 0 Å². The maximum Gasteiger partial charge on any atom is 2.00 e. The van der Waals surface area contributed by atoms with Crippen LogP contribution in [0.5, 0.6) is 0 Å². The van der Waals surface area contributed by atoms with Crippen molar-refractivity contribution in [3.63, 3.8) is 0 Å². The molecule has 0 amide bonds. The Morgan fingerprint density at radius 3 is 1.16 bits per heavy atom. The summed E-state index contributed by atoms with van der Waals surface area (Å²) in [5, 5.41) is 22.6. The number of carbonyl (C=O) groups excluding carboxylic acids is 2. The minimum Gasteiger partial charge on any atom is -0.542 e. The van der Waals surface area contributed by atoms with E-state index in [0.717, 1.165) is 35.4 Å². The van der Waals surface area contributed by atoms with E-state index in [4.69, 9.17) is 0 Å². The third-order valence-electron chi connectivity index (χ3n) is 5.47. The van der Waals surface area contributed by atoms with Gasteiger partial charge in [-0.05, 0) is 80.4 Å². The number of hydrogen-bond donors (Lipinski definition) is 0. The Morgan fingerprint density at radius 1 is 0.703 bits per heavy atom. The van der Waals surface area contributed by atoms with Crippen LogP contribution in [-0.4, -0.2) is 57.6 Å². The Hall–Kier alpha value is -2.67.